The molecule has 0 atom stereocenters. The molecule has 76 valence electrons. The monoisotopic (exact) mass is 202 g/mol. The Kier molecular flexibility index (Phi) is 2.68. The van der Waals surface area contributed by atoms with Gasteiger partial charge in [0.05, 0.1) is 0 Å². The smallest absolute Gasteiger partial charge is 0.147 e. The zero-order chi connectivity index (χ0) is 10.7. The lowest BCUT2D eigenvalue weighted by Crippen LogP contribution is -1.95. The van der Waals surface area contributed by atoms with E-state index in [2.05, 4.69) is 6.58 Å². The molecule has 0 amide bonds. The first-order chi connectivity index (χ1) is 7.31. The number of alkyl halides is 1. The van der Waals surface area contributed by atoms with Gasteiger partial charge in [-0.25, -0.2) is 4.39 Å². The van der Waals surface area contributed by atoms with Gasteiger partial charge in [0, 0.05) is 5.39 Å². The number of fused-ring (bicyclic) bond motifs is 1. The number of allylic oxidation sites excluding steroid dienone is 1. The van der Waals surface area contributed by atoms with Crippen LogP contribution < -0.4 is 4.74 Å². The Morgan fingerprint density at radius 3 is 2.67 bits per heavy atom. The molecule has 0 saturated carbocycles. The second-order valence-corrected chi connectivity index (χ2v) is 3.25. The van der Waals surface area contributed by atoms with Crippen molar-refractivity contribution < 1.29 is 9.13 Å². The normalized spacial score (nSPS) is 10.2. The fourth-order valence-electron chi connectivity index (χ4n) is 1.47. The van der Waals surface area contributed by atoms with Crippen molar-refractivity contribution in [3.05, 3.63) is 54.8 Å². The summed E-state index contributed by atoms with van der Waals surface area (Å²) in [5.74, 6) is 0.780. The molecular formula is C13H11FO. The van der Waals surface area contributed by atoms with Crippen molar-refractivity contribution >= 4 is 10.8 Å². The summed E-state index contributed by atoms with van der Waals surface area (Å²) in [4.78, 5) is 0. The maximum Gasteiger partial charge on any atom is 0.147 e. The molecule has 0 heterocycles. The van der Waals surface area contributed by atoms with E-state index in [4.69, 9.17) is 4.74 Å². The summed E-state index contributed by atoms with van der Waals surface area (Å²) in [6.45, 7) is 2.81. The molecule has 0 saturated heterocycles. The van der Waals surface area contributed by atoms with Crippen LogP contribution in [0.5, 0.6) is 5.75 Å². The molecule has 2 heteroatoms. The van der Waals surface area contributed by atoms with E-state index in [1.807, 2.05) is 42.5 Å². The molecule has 1 nitrogen and oxygen atoms in total. The number of halogens is 1. The second-order valence-electron chi connectivity index (χ2n) is 3.25. The highest BCUT2D eigenvalue weighted by atomic mass is 19.1. The summed E-state index contributed by atoms with van der Waals surface area (Å²) in [6.07, 6.45) is 0. The van der Waals surface area contributed by atoms with Gasteiger partial charge in [0.25, 0.3) is 0 Å². The van der Waals surface area contributed by atoms with Crippen molar-refractivity contribution in [1.82, 2.24) is 0 Å². The first-order valence-electron chi connectivity index (χ1n) is 4.70. The van der Waals surface area contributed by atoms with Crippen LogP contribution in [0.25, 0.3) is 10.8 Å². The third-order valence-electron chi connectivity index (χ3n) is 2.15. The lowest BCUT2D eigenvalue weighted by atomic mass is 10.1. The third-order valence-corrected chi connectivity index (χ3v) is 2.15. The van der Waals surface area contributed by atoms with Crippen molar-refractivity contribution in [2.24, 2.45) is 0 Å². The summed E-state index contributed by atoms with van der Waals surface area (Å²) < 4.78 is 17.6. The minimum absolute atomic E-state index is 0.131. The highest BCUT2D eigenvalue weighted by Gasteiger charge is 2.02. The standard InChI is InChI=1S/C13H11FO/c1-10(9-14)15-13-8-4-6-11-5-2-3-7-12(11)13/h2-8H,1,9H2. The minimum atomic E-state index is -0.663. The summed E-state index contributed by atoms with van der Waals surface area (Å²) in [5.41, 5.74) is 0. The summed E-state index contributed by atoms with van der Waals surface area (Å²) in [6, 6.07) is 13.5. The average Bonchev–Trinajstić information content (AvgIpc) is 2.29. The van der Waals surface area contributed by atoms with Crippen LogP contribution in [0, 0.1) is 0 Å². The molecule has 2 rings (SSSR count). The molecule has 15 heavy (non-hydrogen) atoms. The summed E-state index contributed by atoms with van der Waals surface area (Å²) >= 11 is 0. The molecule has 0 aromatic heterocycles. The van der Waals surface area contributed by atoms with Crippen LogP contribution in [0.15, 0.2) is 54.8 Å². The molecule has 0 aliphatic heterocycles. The topological polar surface area (TPSA) is 9.23 Å². The first-order valence-corrected chi connectivity index (χ1v) is 4.70. The van der Waals surface area contributed by atoms with E-state index >= 15 is 0 Å². The van der Waals surface area contributed by atoms with Gasteiger partial charge in [0.1, 0.15) is 18.2 Å². The Hall–Kier alpha value is -1.83. The van der Waals surface area contributed by atoms with E-state index < -0.39 is 6.67 Å². The fraction of sp³-hybridized carbons (Fsp3) is 0.0769. The van der Waals surface area contributed by atoms with Crippen molar-refractivity contribution in [2.75, 3.05) is 6.67 Å². The predicted molar refractivity (Wildman–Crippen MR) is 59.7 cm³/mol. The van der Waals surface area contributed by atoms with Gasteiger partial charge >= 0.3 is 0 Å². The van der Waals surface area contributed by atoms with Gasteiger partial charge < -0.3 is 4.74 Å². The molecule has 0 radical (unpaired) electrons. The Morgan fingerprint density at radius 2 is 1.87 bits per heavy atom. The Balaban J connectivity index is 2.46. The zero-order valence-electron chi connectivity index (χ0n) is 8.24. The van der Waals surface area contributed by atoms with Crippen LogP contribution in [0.3, 0.4) is 0 Å². The maximum atomic E-state index is 12.2. The molecule has 0 bridgehead atoms. The lowest BCUT2D eigenvalue weighted by Gasteiger charge is -2.08. The van der Waals surface area contributed by atoms with Gasteiger partial charge in [-0.2, -0.15) is 0 Å². The zero-order valence-corrected chi connectivity index (χ0v) is 8.24. The van der Waals surface area contributed by atoms with Gasteiger partial charge in [-0.15, -0.1) is 0 Å². The van der Waals surface area contributed by atoms with E-state index in [1.165, 1.54) is 0 Å². The molecule has 0 spiro atoms. The summed E-state index contributed by atoms with van der Waals surface area (Å²) in [7, 11) is 0. The van der Waals surface area contributed by atoms with Crippen molar-refractivity contribution in [2.45, 2.75) is 0 Å². The molecular weight excluding hydrogens is 191 g/mol. The molecule has 0 N–H and O–H groups in total. The van der Waals surface area contributed by atoms with Crippen molar-refractivity contribution in [3.63, 3.8) is 0 Å². The largest absolute Gasteiger partial charge is 0.459 e. The second kappa shape index (κ2) is 4.13. The Bertz CT molecular complexity index is 485. The van der Waals surface area contributed by atoms with Crippen LogP contribution in [0.4, 0.5) is 4.39 Å². The number of rotatable bonds is 3. The minimum Gasteiger partial charge on any atom is -0.459 e. The number of benzene rings is 2. The van der Waals surface area contributed by atoms with Gasteiger partial charge in [-0.1, -0.05) is 43.0 Å². The van der Waals surface area contributed by atoms with E-state index in [9.17, 15) is 4.39 Å². The van der Waals surface area contributed by atoms with Gasteiger partial charge in [-0.05, 0) is 11.5 Å². The molecule has 0 fully saturated rings. The van der Waals surface area contributed by atoms with E-state index in [0.717, 1.165) is 10.8 Å². The van der Waals surface area contributed by atoms with E-state index in [0.29, 0.717) is 5.75 Å². The van der Waals surface area contributed by atoms with Gasteiger partial charge in [0.15, 0.2) is 0 Å². The van der Waals surface area contributed by atoms with E-state index in [1.54, 1.807) is 0 Å². The highest BCUT2D eigenvalue weighted by Crippen LogP contribution is 2.26. The van der Waals surface area contributed by atoms with Crippen LogP contribution in [0.1, 0.15) is 0 Å². The number of hydrogen-bond donors (Lipinski definition) is 0. The van der Waals surface area contributed by atoms with Crippen LogP contribution in [-0.4, -0.2) is 6.67 Å². The average molecular weight is 202 g/mol. The number of hydrogen-bond acceptors (Lipinski definition) is 1. The third kappa shape index (κ3) is 1.99. The first kappa shape index (κ1) is 9.71. The fourth-order valence-corrected chi connectivity index (χ4v) is 1.47. The van der Waals surface area contributed by atoms with Gasteiger partial charge in [-0.3, -0.25) is 0 Å². The van der Waals surface area contributed by atoms with Crippen molar-refractivity contribution in [1.29, 1.82) is 0 Å². The van der Waals surface area contributed by atoms with Gasteiger partial charge in [0.2, 0.25) is 0 Å². The molecule has 0 aliphatic rings. The Morgan fingerprint density at radius 1 is 1.13 bits per heavy atom. The molecule has 0 unspecified atom stereocenters. The molecule has 2 aromatic carbocycles. The van der Waals surface area contributed by atoms with E-state index in [-0.39, 0.29) is 5.76 Å². The van der Waals surface area contributed by atoms with Crippen LogP contribution in [0.2, 0.25) is 0 Å². The van der Waals surface area contributed by atoms with Crippen LogP contribution in [-0.2, 0) is 0 Å². The maximum absolute atomic E-state index is 12.2. The Labute approximate surface area is 87.8 Å². The molecule has 0 aliphatic carbocycles. The van der Waals surface area contributed by atoms with Crippen molar-refractivity contribution in [3.8, 4) is 5.75 Å². The number of ether oxygens (including phenoxy) is 1. The highest BCUT2D eigenvalue weighted by molar-refractivity contribution is 5.88. The van der Waals surface area contributed by atoms with Crippen LogP contribution >= 0.6 is 0 Å². The SMILES string of the molecule is C=C(CF)Oc1cccc2ccccc12. The quantitative estimate of drug-likeness (QED) is 0.689. The summed E-state index contributed by atoms with van der Waals surface area (Å²) in [5, 5.41) is 2.04. The molecule has 2 aromatic rings. The predicted octanol–water partition coefficient (Wildman–Crippen LogP) is 3.70. The lowest BCUT2D eigenvalue weighted by molar-refractivity contribution is 0.364.